The predicted octanol–water partition coefficient (Wildman–Crippen LogP) is 2.30. The minimum Gasteiger partial charge on any atom is -0.481 e. The van der Waals surface area contributed by atoms with Crippen LogP contribution in [0.15, 0.2) is 35.7 Å². The number of benzene rings is 1. The second-order valence-corrected chi connectivity index (χ2v) is 7.23. The van der Waals surface area contributed by atoms with Crippen molar-refractivity contribution in [1.29, 1.82) is 0 Å². The SMILES string of the molecule is COCC1(C(=O)O)CCN(C(=O)c2csc(Cc3ccccc3)n2)C1. The van der Waals surface area contributed by atoms with Gasteiger partial charge in [0, 0.05) is 32.0 Å². The average molecular weight is 360 g/mol. The lowest BCUT2D eigenvalue weighted by atomic mass is 9.88. The zero-order valence-corrected chi connectivity index (χ0v) is 14.8. The fourth-order valence-electron chi connectivity index (χ4n) is 3.10. The van der Waals surface area contributed by atoms with Crippen LogP contribution in [0.4, 0.5) is 0 Å². The molecule has 0 saturated carbocycles. The largest absolute Gasteiger partial charge is 0.481 e. The maximum absolute atomic E-state index is 12.7. The van der Waals surface area contributed by atoms with E-state index in [2.05, 4.69) is 4.98 Å². The van der Waals surface area contributed by atoms with E-state index in [1.54, 1.807) is 10.3 Å². The van der Waals surface area contributed by atoms with Crippen LogP contribution in [0.1, 0.15) is 27.5 Å². The Labute approximate surface area is 150 Å². The van der Waals surface area contributed by atoms with Gasteiger partial charge in [0.05, 0.1) is 11.6 Å². The topological polar surface area (TPSA) is 79.7 Å². The molecular weight excluding hydrogens is 340 g/mol. The highest BCUT2D eigenvalue weighted by Gasteiger charge is 2.46. The Hall–Kier alpha value is -2.25. The van der Waals surface area contributed by atoms with Crippen molar-refractivity contribution in [2.24, 2.45) is 5.41 Å². The van der Waals surface area contributed by atoms with E-state index in [9.17, 15) is 14.7 Å². The first kappa shape index (κ1) is 17.6. The van der Waals surface area contributed by atoms with Gasteiger partial charge in [-0.2, -0.15) is 0 Å². The molecule has 0 radical (unpaired) electrons. The lowest BCUT2D eigenvalue weighted by Gasteiger charge is -2.23. The molecule has 2 aromatic rings. The number of carbonyl (C=O) groups is 2. The number of rotatable bonds is 6. The van der Waals surface area contributed by atoms with Crippen molar-refractivity contribution >= 4 is 23.2 Å². The molecule has 2 heterocycles. The van der Waals surface area contributed by atoms with Crippen LogP contribution in [0.5, 0.6) is 0 Å². The summed E-state index contributed by atoms with van der Waals surface area (Å²) in [6, 6.07) is 9.95. The quantitative estimate of drug-likeness (QED) is 0.855. The number of likely N-dealkylation sites (tertiary alicyclic amines) is 1. The van der Waals surface area contributed by atoms with Crippen molar-refractivity contribution < 1.29 is 19.4 Å². The van der Waals surface area contributed by atoms with Gasteiger partial charge in [-0.25, -0.2) is 4.98 Å². The zero-order valence-electron chi connectivity index (χ0n) is 14.0. The molecule has 0 aliphatic carbocycles. The molecule has 1 aromatic heterocycles. The Kier molecular flexibility index (Phi) is 5.15. The maximum atomic E-state index is 12.7. The number of thiazole rings is 1. The van der Waals surface area contributed by atoms with Crippen LogP contribution in [0.3, 0.4) is 0 Å². The molecule has 1 aliphatic rings. The van der Waals surface area contributed by atoms with Gasteiger partial charge in [0.2, 0.25) is 0 Å². The second-order valence-electron chi connectivity index (χ2n) is 6.28. The molecule has 1 aliphatic heterocycles. The van der Waals surface area contributed by atoms with Crippen LogP contribution < -0.4 is 0 Å². The van der Waals surface area contributed by atoms with Gasteiger partial charge in [-0.1, -0.05) is 30.3 Å². The Balaban J connectivity index is 1.69. The number of nitrogens with zero attached hydrogens (tertiary/aromatic N) is 2. The Morgan fingerprint density at radius 1 is 1.36 bits per heavy atom. The van der Waals surface area contributed by atoms with Gasteiger partial charge in [-0.3, -0.25) is 9.59 Å². The number of methoxy groups -OCH3 is 1. The summed E-state index contributed by atoms with van der Waals surface area (Å²) in [6.07, 6.45) is 1.07. The number of carboxylic acids is 1. The average Bonchev–Trinajstić information content (AvgIpc) is 3.24. The predicted molar refractivity (Wildman–Crippen MR) is 93.8 cm³/mol. The standard InChI is InChI=1S/C18H20N2O4S/c1-24-12-18(17(22)23)7-8-20(11-18)16(21)14-10-25-15(19-14)9-13-5-3-2-4-6-13/h2-6,10H,7-9,11-12H2,1H3,(H,22,23). The molecule has 0 bridgehead atoms. The molecule has 6 nitrogen and oxygen atoms in total. The van der Waals surface area contributed by atoms with Crippen molar-refractivity contribution in [2.75, 3.05) is 26.8 Å². The molecule has 1 aromatic carbocycles. The van der Waals surface area contributed by atoms with Crippen LogP contribution in [-0.4, -0.2) is 53.7 Å². The highest BCUT2D eigenvalue weighted by Crippen LogP contribution is 2.32. The monoisotopic (exact) mass is 360 g/mol. The lowest BCUT2D eigenvalue weighted by Crippen LogP contribution is -2.40. The summed E-state index contributed by atoms with van der Waals surface area (Å²) in [6.45, 7) is 0.656. The third kappa shape index (κ3) is 3.72. The van der Waals surface area contributed by atoms with E-state index >= 15 is 0 Å². The van der Waals surface area contributed by atoms with Gasteiger partial charge in [-0.05, 0) is 12.0 Å². The van der Waals surface area contributed by atoms with E-state index in [0.717, 1.165) is 10.6 Å². The summed E-state index contributed by atoms with van der Waals surface area (Å²) in [5.74, 6) is -1.14. The van der Waals surface area contributed by atoms with Crippen LogP contribution in [-0.2, 0) is 16.0 Å². The summed E-state index contributed by atoms with van der Waals surface area (Å²) in [7, 11) is 1.48. The van der Waals surface area contributed by atoms with Crippen molar-refractivity contribution in [3.8, 4) is 0 Å². The smallest absolute Gasteiger partial charge is 0.313 e. The summed E-state index contributed by atoms with van der Waals surface area (Å²) in [5.41, 5.74) is 0.504. The molecule has 7 heteroatoms. The Bertz CT molecular complexity index is 761. The fraction of sp³-hybridized carbons (Fsp3) is 0.389. The van der Waals surface area contributed by atoms with E-state index < -0.39 is 11.4 Å². The molecule has 1 atom stereocenters. The number of amides is 1. The minimum atomic E-state index is -1.02. The third-order valence-corrected chi connectivity index (χ3v) is 5.33. The van der Waals surface area contributed by atoms with Gasteiger partial charge in [-0.15, -0.1) is 11.3 Å². The van der Waals surface area contributed by atoms with Crippen molar-refractivity contribution in [3.63, 3.8) is 0 Å². The summed E-state index contributed by atoms with van der Waals surface area (Å²) in [5, 5.41) is 12.1. The van der Waals surface area contributed by atoms with E-state index in [1.807, 2.05) is 30.3 Å². The first-order valence-corrected chi connectivity index (χ1v) is 8.92. The number of carbonyl (C=O) groups excluding carboxylic acids is 1. The number of hydrogen-bond acceptors (Lipinski definition) is 5. The van der Waals surface area contributed by atoms with Gasteiger partial charge < -0.3 is 14.7 Å². The number of aromatic nitrogens is 1. The lowest BCUT2D eigenvalue weighted by molar-refractivity contribution is -0.151. The van der Waals surface area contributed by atoms with Crippen molar-refractivity contribution in [1.82, 2.24) is 9.88 Å². The first-order valence-electron chi connectivity index (χ1n) is 8.04. The molecular formula is C18H20N2O4S. The van der Waals surface area contributed by atoms with Crippen LogP contribution >= 0.6 is 11.3 Å². The van der Waals surface area contributed by atoms with Gasteiger partial charge in [0.1, 0.15) is 11.1 Å². The van der Waals surface area contributed by atoms with Crippen LogP contribution in [0.2, 0.25) is 0 Å². The van der Waals surface area contributed by atoms with E-state index in [-0.39, 0.29) is 19.1 Å². The first-order chi connectivity index (χ1) is 12.0. The molecule has 1 unspecified atom stereocenters. The number of aliphatic carboxylic acids is 1. The van der Waals surface area contributed by atoms with Crippen molar-refractivity contribution in [3.05, 3.63) is 52.0 Å². The third-order valence-electron chi connectivity index (χ3n) is 4.48. The summed E-state index contributed by atoms with van der Waals surface area (Å²) in [4.78, 5) is 30.3. The fourth-order valence-corrected chi connectivity index (χ4v) is 3.90. The molecule has 1 amide bonds. The van der Waals surface area contributed by atoms with Gasteiger partial charge >= 0.3 is 5.97 Å². The summed E-state index contributed by atoms with van der Waals surface area (Å²) < 4.78 is 5.06. The molecule has 132 valence electrons. The number of hydrogen-bond donors (Lipinski definition) is 1. The van der Waals surface area contributed by atoms with E-state index in [0.29, 0.717) is 25.1 Å². The van der Waals surface area contributed by atoms with Gasteiger partial charge in [0.25, 0.3) is 5.91 Å². The molecule has 1 saturated heterocycles. The van der Waals surface area contributed by atoms with Crippen LogP contribution in [0, 0.1) is 5.41 Å². The van der Waals surface area contributed by atoms with E-state index in [1.165, 1.54) is 18.4 Å². The molecule has 0 spiro atoms. The maximum Gasteiger partial charge on any atom is 0.313 e. The molecule has 1 N–H and O–H groups in total. The van der Waals surface area contributed by atoms with E-state index in [4.69, 9.17) is 4.74 Å². The zero-order chi connectivity index (χ0) is 17.9. The highest BCUT2D eigenvalue weighted by atomic mass is 32.1. The molecule has 3 rings (SSSR count). The summed E-state index contributed by atoms with van der Waals surface area (Å²) >= 11 is 1.45. The Morgan fingerprint density at radius 2 is 2.12 bits per heavy atom. The van der Waals surface area contributed by atoms with Crippen molar-refractivity contribution in [2.45, 2.75) is 12.8 Å². The number of ether oxygens (including phenoxy) is 1. The minimum absolute atomic E-state index is 0.0996. The second kappa shape index (κ2) is 7.33. The number of carboxylic acid groups (broad SMARTS) is 1. The normalized spacial score (nSPS) is 20.0. The van der Waals surface area contributed by atoms with Gasteiger partial charge in [0.15, 0.2) is 0 Å². The Morgan fingerprint density at radius 3 is 2.80 bits per heavy atom. The molecule has 25 heavy (non-hydrogen) atoms. The highest BCUT2D eigenvalue weighted by molar-refractivity contribution is 7.09. The van der Waals surface area contributed by atoms with Crippen LogP contribution in [0.25, 0.3) is 0 Å². The molecule has 1 fully saturated rings.